The largest absolute Gasteiger partial charge is 0.366 e. The van der Waals surface area contributed by atoms with E-state index in [0.29, 0.717) is 6.42 Å². The number of unbranched alkanes of at least 4 members (excludes halogenated alkanes) is 1. The van der Waals surface area contributed by atoms with Gasteiger partial charge in [-0.1, -0.05) is 13.3 Å². The molecular formula is C6H14O3. The average Bonchev–Trinajstić information content (AvgIpc) is 1.85. The van der Waals surface area contributed by atoms with Crippen LogP contribution < -0.4 is 0 Å². The van der Waals surface area contributed by atoms with E-state index in [4.69, 9.17) is 5.11 Å². The molecule has 0 saturated carbocycles. The Bertz CT molecular complexity index is 56.3. The highest BCUT2D eigenvalue weighted by atomic mass is 17.2. The molecule has 0 fully saturated rings. The van der Waals surface area contributed by atoms with E-state index in [-0.39, 0.29) is 0 Å². The normalized spacial score (nSPS) is 13.7. The van der Waals surface area contributed by atoms with Crippen molar-refractivity contribution >= 4 is 0 Å². The minimum Gasteiger partial charge on any atom is -0.366 e. The summed E-state index contributed by atoms with van der Waals surface area (Å²) in [4.78, 5) is 8.65. The fourth-order valence-corrected chi connectivity index (χ4v) is 0.538. The van der Waals surface area contributed by atoms with Gasteiger partial charge in [0, 0.05) is 6.42 Å². The van der Waals surface area contributed by atoms with Gasteiger partial charge in [-0.3, -0.25) is 0 Å². The zero-order chi connectivity index (χ0) is 7.11. The molecule has 0 amide bonds. The van der Waals surface area contributed by atoms with E-state index < -0.39 is 6.29 Å². The van der Waals surface area contributed by atoms with Gasteiger partial charge < -0.3 is 5.11 Å². The molecule has 0 rings (SSSR count). The molecule has 3 nitrogen and oxygen atoms in total. The molecule has 0 spiro atoms. The maximum atomic E-state index is 8.83. The van der Waals surface area contributed by atoms with Crippen LogP contribution in [0.15, 0.2) is 0 Å². The van der Waals surface area contributed by atoms with Gasteiger partial charge in [-0.05, 0) is 6.42 Å². The van der Waals surface area contributed by atoms with Crippen LogP contribution in [0.25, 0.3) is 0 Å². The Balaban J connectivity index is 2.95. The van der Waals surface area contributed by atoms with Gasteiger partial charge in [-0.15, -0.1) is 0 Å². The Labute approximate surface area is 55.5 Å². The van der Waals surface area contributed by atoms with Crippen molar-refractivity contribution in [1.82, 2.24) is 0 Å². The molecule has 0 aromatic rings. The second-order valence-corrected chi connectivity index (χ2v) is 1.86. The molecule has 9 heavy (non-hydrogen) atoms. The van der Waals surface area contributed by atoms with E-state index in [9.17, 15) is 0 Å². The van der Waals surface area contributed by atoms with Crippen molar-refractivity contribution in [3.8, 4) is 0 Å². The zero-order valence-corrected chi connectivity index (χ0v) is 5.96. The predicted molar refractivity (Wildman–Crippen MR) is 33.6 cm³/mol. The van der Waals surface area contributed by atoms with Crippen LogP contribution >= 0.6 is 0 Å². The quantitative estimate of drug-likeness (QED) is 0.347. The Morgan fingerprint density at radius 2 is 2.22 bits per heavy atom. The molecule has 0 aromatic heterocycles. The van der Waals surface area contributed by atoms with E-state index in [2.05, 4.69) is 16.7 Å². The van der Waals surface area contributed by atoms with E-state index in [1.165, 1.54) is 7.11 Å². The standard InChI is InChI=1S/C6H14O3/c1-3-4-5-6(7)9-8-2/h6-7H,3-5H2,1-2H3. The molecule has 3 heteroatoms. The Hall–Kier alpha value is -0.120. The summed E-state index contributed by atoms with van der Waals surface area (Å²) < 4.78 is 0. The Morgan fingerprint density at radius 1 is 1.56 bits per heavy atom. The van der Waals surface area contributed by atoms with E-state index in [0.717, 1.165) is 12.8 Å². The van der Waals surface area contributed by atoms with Gasteiger partial charge in [0.1, 0.15) is 0 Å². The van der Waals surface area contributed by atoms with Crippen LogP contribution in [0.3, 0.4) is 0 Å². The molecule has 0 saturated heterocycles. The average molecular weight is 134 g/mol. The highest BCUT2D eigenvalue weighted by Crippen LogP contribution is 2.00. The van der Waals surface area contributed by atoms with Crippen molar-refractivity contribution < 1.29 is 14.9 Å². The fraction of sp³-hybridized carbons (Fsp3) is 1.00. The molecule has 56 valence electrons. The van der Waals surface area contributed by atoms with E-state index in [1.807, 2.05) is 0 Å². The van der Waals surface area contributed by atoms with Crippen LogP contribution in [0.4, 0.5) is 0 Å². The van der Waals surface area contributed by atoms with E-state index >= 15 is 0 Å². The lowest BCUT2D eigenvalue weighted by molar-refractivity contribution is -0.355. The first-order valence-electron chi connectivity index (χ1n) is 3.18. The molecule has 0 aliphatic heterocycles. The molecule has 0 aromatic carbocycles. The van der Waals surface area contributed by atoms with E-state index in [1.54, 1.807) is 0 Å². The highest BCUT2D eigenvalue weighted by Gasteiger charge is 2.00. The number of aliphatic hydroxyl groups excluding tert-OH is 1. The van der Waals surface area contributed by atoms with Crippen LogP contribution in [0.1, 0.15) is 26.2 Å². The maximum Gasteiger partial charge on any atom is 0.188 e. The van der Waals surface area contributed by atoms with Gasteiger partial charge in [0.25, 0.3) is 0 Å². The van der Waals surface area contributed by atoms with Gasteiger partial charge in [0.05, 0.1) is 7.11 Å². The Morgan fingerprint density at radius 3 is 2.67 bits per heavy atom. The van der Waals surface area contributed by atoms with Crippen molar-refractivity contribution in [2.75, 3.05) is 7.11 Å². The van der Waals surface area contributed by atoms with Crippen molar-refractivity contribution in [3.63, 3.8) is 0 Å². The molecule has 0 bridgehead atoms. The molecule has 0 aliphatic rings. The SMILES string of the molecule is CCCCC(O)OOC. The molecule has 0 heterocycles. The molecule has 1 N–H and O–H groups in total. The monoisotopic (exact) mass is 134 g/mol. The van der Waals surface area contributed by atoms with Crippen molar-refractivity contribution in [2.24, 2.45) is 0 Å². The van der Waals surface area contributed by atoms with Crippen molar-refractivity contribution in [2.45, 2.75) is 32.5 Å². The molecule has 1 atom stereocenters. The second-order valence-electron chi connectivity index (χ2n) is 1.86. The van der Waals surface area contributed by atoms with Gasteiger partial charge in [0.15, 0.2) is 6.29 Å². The molecule has 0 aliphatic carbocycles. The number of aliphatic hydroxyl groups is 1. The first kappa shape index (κ1) is 8.88. The summed E-state index contributed by atoms with van der Waals surface area (Å²) in [6.07, 6.45) is 1.91. The van der Waals surface area contributed by atoms with Crippen LogP contribution in [-0.2, 0) is 9.78 Å². The lowest BCUT2D eigenvalue weighted by Crippen LogP contribution is -2.10. The third-order valence-electron chi connectivity index (χ3n) is 1.01. The second kappa shape index (κ2) is 6.01. The summed E-state index contributed by atoms with van der Waals surface area (Å²) in [5, 5.41) is 8.83. The minimum atomic E-state index is -0.755. The van der Waals surface area contributed by atoms with Crippen LogP contribution in [0.2, 0.25) is 0 Å². The smallest absolute Gasteiger partial charge is 0.188 e. The first-order chi connectivity index (χ1) is 4.31. The van der Waals surface area contributed by atoms with Crippen LogP contribution in [0.5, 0.6) is 0 Å². The molecule has 1 unspecified atom stereocenters. The van der Waals surface area contributed by atoms with Gasteiger partial charge in [-0.25, -0.2) is 9.78 Å². The summed E-state index contributed by atoms with van der Waals surface area (Å²) >= 11 is 0. The van der Waals surface area contributed by atoms with Gasteiger partial charge in [0.2, 0.25) is 0 Å². The van der Waals surface area contributed by atoms with Crippen molar-refractivity contribution in [3.05, 3.63) is 0 Å². The first-order valence-corrected chi connectivity index (χ1v) is 3.18. The molecular weight excluding hydrogens is 120 g/mol. The summed E-state index contributed by atoms with van der Waals surface area (Å²) in [5.74, 6) is 0. The Kier molecular flexibility index (Phi) is 5.93. The summed E-state index contributed by atoms with van der Waals surface area (Å²) in [6, 6.07) is 0. The number of hydrogen-bond acceptors (Lipinski definition) is 3. The van der Waals surface area contributed by atoms with Crippen LogP contribution in [-0.4, -0.2) is 18.5 Å². The number of rotatable bonds is 5. The van der Waals surface area contributed by atoms with Crippen molar-refractivity contribution in [1.29, 1.82) is 0 Å². The third kappa shape index (κ3) is 5.76. The molecule has 0 radical (unpaired) electrons. The third-order valence-corrected chi connectivity index (χ3v) is 1.01. The summed E-state index contributed by atoms with van der Waals surface area (Å²) in [6.45, 7) is 2.06. The van der Waals surface area contributed by atoms with Gasteiger partial charge >= 0.3 is 0 Å². The zero-order valence-electron chi connectivity index (χ0n) is 5.96. The lowest BCUT2D eigenvalue weighted by atomic mass is 10.2. The number of hydrogen-bond donors (Lipinski definition) is 1. The summed E-state index contributed by atoms with van der Waals surface area (Å²) in [7, 11) is 1.38. The topological polar surface area (TPSA) is 38.7 Å². The fourth-order valence-electron chi connectivity index (χ4n) is 0.538. The maximum absolute atomic E-state index is 8.83. The summed E-state index contributed by atoms with van der Waals surface area (Å²) in [5.41, 5.74) is 0. The van der Waals surface area contributed by atoms with Gasteiger partial charge in [-0.2, -0.15) is 0 Å². The minimum absolute atomic E-state index is 0.643. The predicted octanol–water partition coefficient (Wildman–Crippen LogP) is 1.07. The highest BCUT2D eigenvalue weighted by molar-refractivity contribution is 4.38. The lowest BCUT2D eigenvalue weighted by Gasteiger charge is -2.06. The van der Waals surface area contributed by atoms with Crippen LogP contribution in [0, 0.1) is 0 Å².